The van der Waals surface area contributed by atoms with Crippen molar-refractivity contribution in [2.75, 3.05) is 0 Å². The summed E-state index contributed by atoms with van der Waals surface area (Å²) in [6, 6.07) is 0. The van der Waals surface area contributed by atoms with Gasteiger partial charge in [-0.15, -0.1) is 0 Å². The van der Waals surface area contributed by atoms with E-state index in [1.54, 1.807) is 6.92 Å². The molecule has 0 aliphatic heterocycles. The Morgan fingerprint density at radius 3 is 1.65 bits per heavy atom. The normalized spacial score (nSPS) is 11.9. The van der Waals surface area contributed by atoms with Crippen molar-refractivity contribution >= 4 is 35.8 Å². The van der Waals surface area contributed by atoms with Gasteiger partial charge in [-0.1, -0.05) is 20.3 Å². The number of carboxylic acid groups (broad SMARTS) is 2. The molecule has 0 unspecified atom stereocenters. The second-order valence-electron chi connectivity index (χ2n) is 5.95. The number of carbonyl (C=O) groups excluding carboxylic acids is 4. The van der Waals surface area contributed by atoms with Crippen molar-refractivity contribution < 1.29 is 39.0 Å². The first-order valence-electron chi connectivity index (χ1n) is 8.11. The minimum absolute atomic E-state index is 0.0645. The second-order valence-corrected chi connectivity index (χ2v) is 5.95. The van der Waals surface area contributed by atoms with Crippen LogP contribution in [0.25, 0.3) is 0 Å². The molecule has 10 heteroatoms. The highest BCUT2D eigenvalue weighted by atomic mass is 16.4. The maximum atomic E-state index is 12.5. The molecule has 0 radical (unpaired) electrons. The summed E-state index contributed by atoms with van der Waals surface area (Å²) in [6.45, 7) is 3.56. The van der Waals surface area contributed by atoms with Crippen LogP contribution in [0.15, 0.2) is 0 Å². The summed E-state index contributed by atoms with van der Waals surface area (Å²) in [5.74, 6) is -5.20. The highest BCUT2D eigenvalue weighted by molar-refractivity contribution is 6.08. The van der Waals surface area contributed by atoms with Crippen LogP contribution in [0.4, 0.5) is 0 Å². The zero-order valence-electron chi connectivity index (χ0n) is 14.7. The number of carbonyl (C=O) groups is 6. The maximum absolute atomic E-state index is 12.5. The third-order valence-electron chi connectivity index (χ3n) is 3.65. The molecule has 10 nitrogen and oxygen atoms in total. The first-order chi connectivity index (χ1) is 12.1. The van der Waals surface area contributed by atoms with Crippen molar-refractivity contribution in [3.8, 4) is 0 Å². The summed E-state index contributed by atoms with van der Waals surface area (Å²) in [4.78, 5) is 69.0. The lowest BCUT2D eigenvalue weighted by atomic mass is 9.94. The van der Waals surface area contributed by atoms with E-state index in [1.807, 2.05) is 6.92 Å². The molecule has 0 aliphatic rings. The van der Waals surface area contributed by atoms with Gasteiger partial charge in [-0.3, -0.25) is 28.8 Å². The highest BCUT2D eigenvalue weighted by Crippen LogP contribution is 2.13. The number of hydrogen-bond donors (Lipinski definition) is 4. The van der Waals surface area contributed by atoms with E-state index in [0.29, 0.717) is 6.42 Å². The van der Waals surface area contributed by atoms with E-state index in [0.717, 1.165) is 0 Å². The predicted molar refractivity (Wildman–Crippen MR) is 87.9 cm³/mol. The second kappa shape index (κ2) is 11.0. The Morgan fingerprint density at radius 1 is 0.923 bits per heavy atom. The molecule has 146 valence electrons. The van der Waals surface area contributed by atoms with E-state index in [1.165, 1.54) is 0 Å². The van der Waals surface area contributed by atoms with Crippen LogP contribution in [0.1, 0.15) is 52.4 Å². The van der Waals surface area contributed by atoms with Crippen LogP contribution in [-0.4, -0.2) is 51.7 Å². The maximum Gasteiger partial charge on any atom is 0.303 e. The molecule has 0 aromatic rings. The topological polar surface area (TPSA) is 167 Å². The molecule has 0 saturated heterocycles. The Balaban J connectivity index is 5.37. The van der Waals surface area contributed by atoms with Gasteiger partial charge in [-0.25, -0.2) is 0 Å². The van der Waals surface area contributed by atoms with E-state index in [-0.39, 0.29) is 18.6 Å². The van der Waals surface area contributed by atoms with Crippen molar-refractivity contribution in [2.45, 2.75) is 58.0 Å². The van der Waals surface area contributed by atoms with Crippen LogP contribution >= 0.6 is 0 Å². The molecule has 26 heavy (non-hydrogen) atoms. The van der Waals surface area contributed by atoms with Gasteiger partial charge in [0.05, 0.1) is 12.8 Å². The van der Waals surface area contributed by atoms with E-state index in [9.17, 15) is 28.8 Å². The molecule has 2 amide bonds. The third kappa shape index (κ3) is 8.36. The number of Topliss-reactive ketones (excluding diaryl/α,β-unsaturated/α-hetero) is 1. The number of nitrogens with one attached hydrogen (secondary N) is 2. The largest absolute Gasteiger partial charge is 0.481 e. The fraction of sp³-hybridized carbons (Fsp3) is 0.625. The van der Waals surface area contributed by atoms with Crippen molar-refractivity contribution in [1.82, 2.24) is 10.6 Å². The lowest BCUT2D eigenvalue weighted by Crippen LogP contribution is -2.67. The minimum atomic E-state index is -2.35. The van der Waals surface area contributed by atoms with Gasteiger partial charge in [0.25, 0.3) is 0 Å². The fourth-order valence-corrected chi connectivity index (χ4v) is 1.92. The molecule has 0 fully saturated rings. The number of aldehydes is 1. The van der Waals surface area contributed by atoms with Crippen molar-refractivity contribution in [3.05, 3.63) is 0 Å². The number of carboxylic acids is 2. The molecule has 0 aromatic heterocycles. The quantitative estimate of drug-likeness (QED) is 0.197. The van der Waals surface area contributed by atoms with Gasteiger partial charge in [0, 0.05) is 19.3 Å². The molecule has 0 spiro atoms. The Bertz CT molecular complexity index is 541. The molecule has 0 heterocycles. The first-order valence-corrected chi connectivity index (χ1v) is 8.11. The van der Waals surface area contributed by atoms with Crippen LogP contribution in [-0.2, 0) is 28.8 Å². The molecular weight excluding hydrogens is 348 g/mol. The monoisotopic (exact) mass is 372 g/mol. The third-order valence-corrected chi connectivity index (χ3v) is 3.65. The van der Waals surface area contributed by atoms with Gasteiger partial charge in [0.2, 0.25) is 17.5 Å². The molecule has 0 saturated carbocycles. The van der Waals surface area contributed by atoms with E-state index in [4.69, 9.17) is 10.2 Å². The van der Waals surface area contributed by atoms with Crippen molar-refractivity contribution in [3.63, 3.8) is 0 Å². The van der Waals surface area contributed by atoms with Gasteiger partial charge in [0.1, 0.15) is 0 Å². The highest BCUT2D eigenvalue weighted by Gasteiger charge is 2.41. The summed E-state index contributed by atoms with van der Waals surface area (Å²) in [5, 5.41) is 21.4. The number of ketones is 1. The number of aliphatic carboxylic acids is 2. The smallest absolute Gasteiger partial charge is 0.303 e. The first kappa shape index (κ1) is 23.2. The summed E-state index contributed by atoms with van der Waals surface area (Å²) in [6.07, 6.45) is -1.47. The Labute approximate surface area is 150 Å². The molecule has 1 atom stereocenters. The van der Waals surface area contributed by atoms with Crippen molar-refractivity contribution in [2.24, 2.45) is 5.92 Å². The summed E-state index contributed by atoms with van der Waals surface area (Å²) < 4.78 is 0. The average molecular weight is 372 g/mol. The minimum Gasteiger partial charge on any atom is -0.481 e. The predicted octanol–water partition coefficient (Wildman–Crippen LogP) is -0.151. The lowest BCUT2D eigenvalue weighted by molar-refractivity contribution is -0.144. The Kier molecular flexibility index (Phi) is 9.78. The number of amides is 2. The van der Waals surface area contributed by atoms with Gasteiger partial charge in [-0.2, -0.15) is 0 Å². The van der Waals surface area contributed by atoms with E-state index < -0.39 is 60.9 Å². The van der Waals surface area contributed by atoms with Crippen LogP contribution in [0.3, 0.4) is 0 Å². The van der Waals surface area contributed by atoms with Gasteiger partial charge in [-0.05, 0) is 5.92 Å². The zero-order valence-corrected chi connectivity index (χ0v) is 14.7. The summed E-state index contributed by atoms with van der Waals surface area (Å²) >= 11 is 0. The number of rotatable bonds is 13. The van der Waals surface area contributed by atoms with Crippen LogP contribution < -0.4 is 10.6 Å². The van der Waals surface area contributed by atoms with E-state index >= 15 is 0 Å². The summed E-state index contributed by atoms with van der Waals surface area (Å²) in [7, 11) is 0. The van der Waals surface area contributed by atoms with Crippen LogP contribution in [0, 0.1) is 5.92 Å². The molecule has 0 bridgehead atoms. The molecule has 0 rings (SSSR count). The molecule has 4 N–H and O–H groups in total. The molecule has 0 aromatic carbocycles. The van der Waals surface area contributed by atoms with Crippen LogP contribution in [0.2, 0.25) is 0 Å². The fourth-order valence-electron chi connectivity index (χ4n) is 1.92. The van der Waals surface area contributed by atoms with E-state index in [2.05, 4.69) is 10.6 Å². The average Bonchev–Trinajstić information content (AvgIpc) is 2.57. The Morgan fingerprint density at radius 2 is 1.35 bits per heavy atom. The number of hydrogen-bond acceptors (Lipinski definition) is 6. The Hall–Kier alpha value is -2.78. The van der Waals surface area contributed by atoms with Crippen LogP contribution in [0.5, 0.6) is 0 Å². The molecule has 0 aliphatic carbocycles. The van der Waals surface area contributed by atoms with Gasteiger partial charge in [0.15, 0.2) is 12.1 Å². The standard InChI is InChI=1S/C16H24N2O8/c1-3-10(2)8-11(20)16(9-19,17-12(21)4-6-14(23)24)18-13(22)5-7-15(25)26/h9-10H,3-8H2,1-2H3,(H,17,21)(H,18,22)(H,23,24)(H,25,26)/t10-/m1/s1. The lowest BCUT2D eigenvalue weighted by Gasteiger charge is -2.29. The van der Waals surface area contributed by atoms with Crippen molar-refractivity contribution in [1.29, 1.82) is 0 Å². The molecular formula is C16H24N2O8. The summed E-state index contributed by atoms with van der Waals surface area (Å²) in [5.41, 5.74) is -2.35. The zero-order chi connectivity index (χ0) is 20.3. The van der Waals surface area contributed by atoms with Gasteiger partial charge < -0.3 is 20.8 Å². The van der Waals surface area contributed by atoms with Gasteiger partial charge >= 0.3 is 11.9 Å². The SMILES string of the molecule is CC[C@@H](C)CC(=O)C(C=O)(NC(=O)CCC(=O)O)NC(=O)CCC(=O)O.